The van der Waals surface area contributed by atoms with Gasteiger partial charge < -0.3 is 67.0 Å². The first kappa shape index (κ1) is 38.9. The molecule has 16 nitrogen and oxygen atoms in total. The van der Waals surface area contributed by atoms with E-state index in [1.807, 2.05) is 0 Å². The lowest BCUT2D eigenvalue weighted by Gasteiger charge is -2.56. The van der Waals surface area contributed by atoms with Gasteiger partial charge in [0.05, 0.1) is 42.9 Å². The Balaban J connectivity index is 1.25. The number of hydrogen-bond acceptors (Lipinski definition) is 14. The van der Waals surface area contributed by atoms with E-state index < -0.39 is 91.3 Å². The molecule has 6 fully saturated rings. The van der Waals surface area contributed by atoms with Crippen LogP contribution in [0.1, 0.15) is 57.8 Å². The zero-order valence-electron chi connectivity index (χ0n) is 29.6. The highest BCUT2D eigenvalue weighted by atomic mass is 16.7. The quantitative estimate of drug-likeness (QED) is 0.0858. The molecule has 4 saturated carbocycles. The number of fused-ring (bicyclic) bond motifs is 3. The van der Waals surface area contributed by atoms with Crippen LogP contribution in [-0.2, 0) is 23.8 Å². The average Bonchev–Trinajstić information content (AvgIpc) is 3.12. The van der Waals surface area contributed by atoms with Gasteiger partial charge in [-0.05, 0) is 63.3 Å². The molecule has 16 heteroatoms. The van der Waals surface area contributed by atoms with Crippen LogP contribution < -0.4 is 22.1 Å². The number of nitrogens with one attached hydrogen (secondary N) is 2. The van der Waals surface area contributed by atoms with Crippen molar-refractivity contribution in [3.63, 3.8) is 0 Å². The number of nitrogens with two attached hydrogens (primary N) is 2. The van der Waals surface area contributed by atoms with Crippen LogP contribution in [0, 0.1) is 47.3 Å². The summed E-state index contributed by atoms with van der Waals surface area (Å²) < 4.78 is 18.1. The lowest BCUT2D eigenvalue weighted by Crippen LogP contribution is -2.69. The number of carbonyl (C=O) groups is 2. The number of ether oxygens (including phenoxy) is 3. The van der Waals surface area contributed by atoms with Gasteiger partial charge in [-0.3, -0.25) is 14.6 Å². The number of aliphatic hydroxyl groups excluding tert-OH is 5. The molecule has 51 heavy (non-hydrogen) atoms. The van der Waals surface area contributed by atoms with Crippen LogP contribution >= 0.6 is 0 Å². The lowest BCUT2D eigenvalue weighted by molar-refractivity contribution is -0.347. The Morgan fingerprint density at radius 1 is 1.02 bits per heavy atom. The first-order chi connectivity index (χ1) is 24.4. The lowest BCUT2D eigenvalue weighted by atomic mass is 9.50. The van der Waals surface area contributed by atoms with E-state index in [1.54, 1.807) is 7.05 Å². The number of rotatable bonds is 9. The van der Waals surface area contributed by atoms with Crippen molar-refractivity contribution in [2.75, 3.05) is 33.9 Å². The predicted molar refractivity (Wildman–Crippen MR) is 181 cm³/mol. The molecule has 0 aromatic heterocycles. The minimum Gasteiger partial charge on any atom is -0.396 e. The summed E-state index contributed by atoms with van der Waals surface area (Å²) in [5.41, 5.74) is 10.1. The molecule has 0 spiro atoms. The van der Waals surface area contributed by atoms with Crippen LogP contribution in [0.25, 0.3) is 0 Å². The first-order valence-corrected chi connectivity index (χ1v) is 18.8. The van der Waals surface area contributed by atoms with E-state index in [1.165, 1.54) is 7.11 Å². The summed E-state index contributed by atoms with van der Waals surface area (Å²) >= 11 is 0. The van der Waals surface area contributed by atoms with Crippen LogP contribution in [0.3, 0.4) is 0 Å². The first-order valence-electron chi connectivity index (χ1n) is 18.8. The number of piperidine rings is 1. The van der Waals surface area contributed by atoms with Crippen molar-refractivity contribution in [3.05, 3.63) is 0 Å². The van der Waals surface area contributed by atoms with Crippen molar-refractivity contribution < 1.29 is 54.4 Å². The van der Waals surface area contributed by atoms with Crippen LogP contribution in [0.2, 0.25) is 0 Å². The van der Waals surface area contributed by atoms with E-state index in [-0.39, 0.29) is 60.3 Å². The Morgan fingerprint density at radius 2 is 1.78 bits per heavy atom. The number of ketones is 2. The highest BCUT2D eigenvalue weighted by Gasteiger charge is 2.64. The molecule has 12 N–H and O–H groups in total. The van der Waals surface area contributed by atoms with Crippen LogP contribution in [-0.4, -0.2) is 143 Å². The highest BCUT2D eigenvalue weighted by Crippen LogP contribution is 2.54. The van der Waals surface area contributed by atoms with E-state index in [4.69, 9.17) is 25.7 Å². The number of nitrogens with zero attached hydrogens (tertiary/aromatic N) is 1. The number of aliphatic hydroxyl groups is 6. The van der Waals surface area contributed by atoms with E-state index in [0.29, 0.717) is 19.3 Å². The minimum absolute atomic E-state index is 0.0279. The maximum absolute atomic E-state index is 14.7. The van der Waals surface area contributed by atoms with Crippen molar-refractivity contribution >= 4 is 17.5 Å². The number of carbonyl (C=O) groups excluding carboxylic acids is 2. The average molecular weight is 726 g/mol. The summed E-state index contributed by atoms with van der Waals surface area (Å²) in [7, 11) is 3.01. The molecule has 0 amide bonds. The van der Waals surface area contributed by atoms with Gasteiger partial charge in [0.1, 0.15) is 35.5 Å². The van der Waals surface area contributed by atoms with Gasteiger partial charge in [-0.1, -0.05) is 6.42 Å². The van der Waals surface area contributed by atoms with Crippen molar-refractivity contribution in [2.45, 2.75) is 119 Å². The molecule has 2 heterocycles. The van der Waals surface area contributed by atoms with Crippen LogP contribution in [0.15, 0.2) is 4.99 Å². The van der Waals surface area contributed by atoms with Gasteiger partial charge in [0.15, 0.2) is 12.2 Å². The summed E-state index contributed by atoms with van der Waals surface area (Å²) in [6, 6.07) is -0.238. The molecule has 0 radical (unpaired) electrons. The van der Waals surface area contributed by atoms with Gasteiger partial charge in [0, 0.05) is 56.9 Å². The smallest absolute Gasteiger partial charge is 0.188 e. The van der Waals surface area contributed by atoms with Gasteiger partial charge in [-0.25, -0.2) is 0 Å². The standard InChI is InChI=1S/C35H59N5O11/c1-38-34(37)40-19-5-3-4-16-11-17-26(29(44)24(16)19)30(45)27-21(12-20(49-2)18(13-41)25(27)28(17)43)50-33-31(46)32(47)35(48,22(14-42)51-33)8-6-15-7-9-39-23(36)10-15/h15-27,29,31-33,39,41-42,44,46-48H,3-14,36H2,1-2H3,(H3,37,38,40). The third-order valence-corrected chi connectivity index (χ3v) is 13.4. The predicted octanol–water partition coefficient (Wildman–Crippen LogP) is -2.67. The monoisotopic (exact) mass is 725 g/mol. The second-order valence-electron chi connectivity index (χ2n) is 16.0. The van der Waals surface area contributed by atoms with Crippen molar-refractivity contribution in [1.29, 1.82) is 0 Å². The molecule has 0 bridgehead atoms. The fourth-order valence-electron chi connectivity index (χ4n) is 10.8. The SMILES string of the molecule is CN=C(N)NC1CCCC2CC3C(=O)C4C(CO)C(OC)CC(OC5OC(CO)C(O)(CCC6CCNC(N)C6)C(O)C5O)C4C(=O)C3C(O)C21. The Labute approximate surface area is 298 Å². The maximum Gasteiger partial charge on any atom is 0.188 e. The van der Waals surface area contributed by atoms with E-state index in [2.05, 4.69) is 15.6 Å². The third kappa shape index (κ3) is 7.11. The van der Waals surface area contributed by atoms with Crippen LogP contribution in [0.5, 0.6) is 0 Å². The molecule has 6 rings (SSSR count). The Hall–Kier alpha value is -1.83. The largest absolute Gasteiger partial charge is 0.396 e. The molecule has 4 aliphatic carbocycles. The number of hydrogen-bond donors (Lipinski definition) is 10. The van der Waals surface area contributed by atoms with Crippen molar-refractivity contribution in [1.82, 2.24) is 10.6 Å². The van der Waals surface area contributed by atoms with Crippen LogP contribution in [0.4, 0.5) is 0 Å². The molecule has 18 atom stereocenters. The summed E-state index contributed by atoms with van der Waals surface area (Å²) in [5.74, 6) is -5.16. The van der Waals surface area contributed by atoms with Gasteiger partial charge in [-0.15, -0.1) is 0 Å². The number of methoxy groups -OCH3 is 1. The molecule has 290 valence electrons. The molecule has 2 saturated heterocycles. The molecule has 0 aromatic carbocycles. The summed E-state index contributed by atoms with van der Waals surface area (Å²) in [6.07, 6.45) is -4.73. The summed E-state index contributed by atoms with van der Waals surface area (Å²) in [4.78, 5) is 33.2. The second-order valence-corrected chi connectivity index (χ2v) is 16.0. The zero-order valence-corrected chi connectivity index (χ0v) is 29.6. The van der Waals surface area contributed by atoms with E-state index in [9.17, 15) is 40.2 Å². The number of aliphatic imine (C=N–C) groups is 1. The number of guanidine groups is 1. The highest BCUT2D eigenvalue weighted by molar-refractivity contribution is 6.01. The molecule has 18 unspecified atom stereocenters. The molecule has 6 aliphatic rings. The molecular weight excluding hydrogens is 666 g/mol. The summed E-state index contributed by atoms with van der Waals surface area (Å²) in [6.45, 7) is -0.383. The van der Waals surface area contributed by atoms with Crippen molar-refractivity contribution in [2.24, 2.45) is 63.8 Å². The fourth-order valence-corrected chi connectivity index (χ4v) is 10.8. The van der Waals surface area contributed by atoms with Gasteiger partial charge in [0.25, 0.3) is 0 Å². The maximum atomic E-state index is 14.7. The van der Waals surface area contributed by atoms with Gasteiger partial charge >= 0.3 is 0 Å². The normalized spacial score (nSPS) is 49.1. The number of Topliss-reactive ketones (excluding diaryl/α,β-unsaturated/α-hetero) is 2. The minimum atomic E-state index is -2.00. The fraction of sp³-hybridized carbons (Fsp3) is 0.914. The zero-order chi connectivity index (χ0) is 36.8. The Bertz CT molecular complexity index is 1270. The van der Waals surface area contributed by atoms with Crippen molar-refractivity contribution in [3.8, 4) is 0 Å². The molecular formula is C35H59N5O11. The Morgan fingerprint density at radius 3 is 2.45 bits per heavy atom. The third-order valence-electron chi connectivity index (χ3n) is 13.4. The topological polar surface area (TPSA) is 272 Å². The van der Waals surface area contributed by atoms with Gasteiger partial charge in [-0.2, -0.15) is 0 Å². The summed E-state index contributed by atoms with van der Waals surface area (Å²) in [5, 5.41) is 73.6. The van der Waals surface area contributed by atoms with E-state index >= 15 is 0 Å². The second kappa shape index (κ2) is 15.9. The van der Waals surface area contributed by atoms with E-state index in [0.717, 1.165) is 32.2 Å². The van der Waals surface area contributed by atoms with Gasteiger partial charge in [0.2, 0.25) is 0 Å². The molecule has 2 aliphatic heterocycles. The molecule has 0 aromatic rings. The Kier molecular flexibility index (Phi) is 12.1.